The number of halogens is 3. The fraction of sp³-hybridized carbons (Fsp3) is 0.294. The van der Waals surface area contributed by atoms with Crippen LogP contribution in [0.2, 0.25) is 0 Å². The van der Waals surface area contributed by atoms with Gasteiger partial charge in [-0.3, -0.25) is 4.79 Å². The van der Waals surface area contributed by atoms with Crippen molar-refractivity contribution in [3.63, 3.8) is 0 Å². The van der Waals surface area contributed by atoms with Gasteiger partial charge in [-0.15, -0.1) is 0 Å². The molecular weight excluding hydrogens is 361 g/mol. The van der Waals surface area contributed by atoms with E-state index in [1.807, 2.05) is 17.8 Å². The van der Waals surface area contributed by atoms with Crippen molar-refractivity contribution in [2.24, 2.45) is 7.05 Å². The zero-order valence-electron chi connectivity index (χ0n) is 14.7. The van der Waals surface area contributed by atoms with Gasteiger partial charge in [0, 0.05) is 38.6 Å². The Morgan fingerprint density at radius 1 is 1.22 bits per heavy atom. The van der Waals surface area contributed by atoms with Crippen molar-refractivity contribution < 1.29 is 18.0 Å². The number of amides is 1. The summed E-state index contributed by atoms with van der Waals surface area (Å²) in [5.74, 6) is 0.726. The Kier molecular flexibility index (Phi) is 4.98. The minimum absolute atomic E-state index is 0.201. The molecule has 1 N–H and O–H groups in total. The van der Waals surface area contributed by atoms with Crippen LogP contribution in [0.25, 0.3) is 5.82 Å². The van der Waals surface area contributed by atoms with Gasteiger partial charge in [0.25, 0.3) is 5.91 Å². The molecule has 3 aromatic rings. The van der Waals surface area contributed by atoms with Crippen molar-refractivity contribution in [1.82, 2.24) is 29.6 Å². The second-order valence-corrected chi connectivity index (χ2v) is 5.92. The van der Waals surface area contributed by atoms with Gasteiger partial charge in [0.1, 0.15) is 5.82 Å². The third-order valence-corrected chi connectivity index (χ3v) is 4.10. The zero-order valence-corrected chi connectivity index (χ0v) is 14.7. The Balaban J connectivity index is 1.69. The Morgan fingerprint density at radius 2 is 2.00 bits per heavy atom. The molecule has 1 amide bonds. The summed E-state index contributed by atoms with van der Waals surface area (Å²) in [6.45, 7) is 2.05. The van der Waals surface area contributed by atoms with Crippen LogP contribution in [-0.2, 0) is 19.6 Å². The molecule has 0 saturated carbocycles. The number of pyridine rings is 1. The van der Waals surface area contributed by atoms with E-state index >= 15 is 0 Å². The Hall–Kier alpha value is -3.17. The summed E-state index contributed by atoms with van der Waals surface area (Å²) in [6.07, 6.45) is 1.73. The molecule has 0 fully saturated rings. The van der Waals surface area contributed by atoms with E-state index < -0.39 is 11.7 Å². The minimum atomic E-state index is -4.46. The minimum Gasteiger partial charge on any atom is -0.351 e. The molecule has 0 saturated heterocycles. The summed E-state index contributed by atoms with van der Waals surface area (Å²) in [6, 6.07) is 2.14. The summed E-state index contributed by atoms with van der Waals surface area (Å²) in [5, 5.41) is 6.85. The van der Waals surface area contributed by atoms with Crippen LogP contribution in [0.5, 0.6) is 0 Å². The number of carbonyl (C=O) groups is 1. The number of carbonyl (C=O) groups excluding carboxylic acids is 1. The van der Waals surface area contributed by atoms with Crippen molar-refractivity contribution in [1.29, 1.82) is 0 Å². The lowest BCUT2D eigenvalue weighted by atomic mass is 10.2. The first kappa shape index (κ1) is 18.6. The quantitative estimate of drug-likeness (QED) is 0.739. The van der Waals surface area contributed by atoms with E-state index in [1.54, 1.807) is 13.1 Å². The van der Waals surface area contributed by atoms with Gasteiger partial charge < -0.3 is 9.88 Å². The third kappa shape index (κ3) is 3.99. The molecule has 3 rings (SSSR count). The van der Waals surface area contributed by atoms with E-state index in [4.69, 9.17) is 0 Å². The summed E-state index contributed by atoms with van der Waals surface area (Å²) in [4.78, 5) is 20.3. The topological polar surface area (TPSA) is 77.6 Å². The lowest BCUT2D eigenvalue weighted by Gasteiger charge is -2.08. The molecule has 0 aromatic carbocycles. The number of aryl methyl sites for hydroxylation is 1. The maximum absolute atomic E-state index is 12.6. The van der Waals surface area contributed by atoms with Crippen LogP contribution in [0.1, 0.15) is 27.4 Å². The number of nitrogens with zero attached hydrogens (tertiary/aromatic N) is 5. The number of hydrogen-bond donors (Lipinski definition) is 1. The average molecular weight is 378 g/mol. The van der Waals surface area contributed by atoms with Gasteiger partial charge >= 0.3 is 6.18 Å². The molecule has 0 aliphatic rings. The lowest BCUT2D eigenvalue weighted by Crippen LogP contribution is -2.26. The highest BCUT2D eigenvalue weighted by atomic mass is 19.4. The van der Waals surface area contributed by atoms with Gasteiger partial charge in [0.2, 0.25) is 0 Å². The van der Waals surface area contributed by atoms with Crippen molar-refractivity contribution in [3.05, 3.63) is 59.6 Å². The molecule has 0 spiro atoms. The van der Waals surface area contributed by atoms with Crippen LogP contribution < -0.4 is 5.32 Å². The van der Waals surface area contributed by atoms with Crippen LogP contribution in [0.3, 0.4) is 0 Å². The molecule has 7 nitrogen and oxygen atoms in total. The highest BCUT2D eigenvalue weighted by Gasteiger charge is 2.30. The van der Waals surface area contributed by atoms with E-state index in [9.17, 15) is 18.0 Å². The third-order valence-electron chi connectivity index (χ3n) is 4.10. The number of aromatic nitrogens is 5. The fourth-order valence-electron chi connectivity index (χ4n) is 2.56. The monoisotopic (exact) mass is 378 g/mol. The number of rotatable bonds is 5. The Morgan fingerprint density at radius 3 is 2.59 bits per heavy atom. The van der Waals surface area contributed by atoms with Crippen LogP contribution >= 0.6 is 0 Å². The summed E-state index contributed by atoms with van der Waals surface area (Å²) in [7, 11) is 1.87. The van der Waals surface area contributed by atoms with Crippen LogP contribution in [0.15, 0.2) is 36.9 Å². The van der Waals surface area contributed by atoms with E-state index in [0.717, 1.165) is 18.1 Å². The van der Waals surface area contributed by atoms with Crippen LogP contribution in [-0.4, -0.2) is 36.8 Å². The summed E-state index contributed by atoms with van der Waals surface area (Å²) < 4.78 is 41.1. The standard InChI is InChI=1S/C17H17F3N6O/c1-11-13(16(27)22-6-5-14-21-7-8-25(14)2)10-24-26(11)15-4-3-12(9-23-15)17(18,19)20/h3-4,7-10H,5-6H2,1-2H3,(H,22,27). The molecule has 0 bridgehead atoms. The molecule has 10 heteroatoms. The molecule has 27 heavy (non-hydrogen) atoms. The molecule has 0 aliphatic carbocycles. The number of nitrogens with one attached hydrogen (secondary N) is 1. The zero-order chi connectivity index (χ0) is 19.6. The Bertz CT molecular complexity index is 942. The molecule has 0 unspecified atom stereocenters. The fourth-order valence-corrected chi connectivity index (χ4v) is 2.56. The number of hydrogen-bond acceptors (Lipinski definition) is 4. The SMILES string of the molecule is Cc1c(C(=O)NCCc2nccn2C)cnn1-c1ccc(C(F)(F)F)cn1. The van der Waals surface area contributed by atoms with E-state index in [-0.39, 0.29) is 11.7 Å². The summed E-state index contributed by atoms with van der Waals surface area (Å²) >= 11 is 0. The highest BCUT2D eigenvalue weighted by molar-refractivity contribution is 5.95. The average Bonchev–Trinajstić information content (AvgIpc) is 3.20. The number of alkyl halides is 3. The van der Waals surface area contributed by atoms with Gasteiger partial charge in [-0.2, -0.15) is 18.3 Å². The first-order valence-electron chi connectivity index (χ1n) is 8.10. The van der Waals surface area contributed by atoms with E-state index in [0.29, 0.717) is 24.2 Å². The maximum Gasteiger partial charge on any atom is 0.417 e. The molecule has 0 radical (unpaired) electrons. The van der Waals surface area contributed by atoms with Gasteiger partial charge in [-0.25, -0.2) is 14.6 Å². The Labute approximate surface area is 152 Å². The predicted molar refractivity (Wildman–Crippen MR) is 90.3 cm³/mol. The molecule has 0 atom stereocenters. The molecule has 0 aliphatic heterocycles. The van der Waals surface area contributed by atoms with E-state index in [2.05, 4.69) is 20.4 Å². The van der Waals surface area contributed by atoms with Gasteiger partial charge in [-0.05, 0) is 19.1 Å². The largest absolute Gasteiger partial charge is 0.417 e. The van der Waals surface area contributed by atoms with Crippen LogP contribution in [0.4, 0.5) is 13.2 Å². The normalized spacial score (nSPS) is 11.6. The van der Waals surface area contributed by atoms with Gasteiger partial charge in [-0.1, -0.05) is 0 Å². The molecule has 3 aromatic heterocycles. The van der Waals surface area contributed by atoms with Crippen molar-refractivity contribution in [3.8, 4) is 5.82 Å². The molecule has 142 valence electrons. The van der Waals surface area contributed by atoms with Gasteiger partial charge in [0.15, 0.2) is 5.82 Å². The van der Waals surface area contributed by atoms with E-state index in [1.165, 1.54) is 16.9 Å². The van der Waals surface area contributed by atoms with Crippen molar-refractivity contribution in [2.45, 2.75) is 19.5 Å². The second kappa shape index (κ2) is 7.22. The highest BCUT2D eigenvalue weighted by Crippen LogP contribution is 2.28. The molecule has 3 heterocycles. The van der Waals surface area contributed by atoms with Crippen LogP contribution in [0, 0.1) is 6.92 Å². The lowest BCUT2D eigenvalue weighted by molar-refractivity contribution is -0.137. The van der Waals surface area contributed by atoms with Crippen molar-refractivity contribution >= 4 is 5.91 Å². The summed E-state index contributed by atoms with van der Waals surface area (Å²) in [5.41, 5.74) is -0.0309. The van der Waals surface area contributed by atoms with Gasteiger partial charge in [0.05, 0.1) is 23.0 Å². The smallest absolute Gasteiger partial charge is 0.351 e. The number of imidazole rings is 1. The maximum atomic E-state index is 12.6. The van der Waals surface area contributed by atoms with Crippen molar-refractivity contribution in [2.75, 3.05) is 6.54 Å². The predicted octanol–water partition coefficient (Wildman–Crippen LogP) is 2.30. The first-order chi connectivity index (χ1) is 12.8. The molecular formula is C17H17F3N6O. The second-order valence-electron chi connectivity index (χ2n) is 5.92. The first-order valence-corrected chi connectivity index (χ1v) is 8.10.